The highest BCUT2D eigenvalue weighted by Gasteiger charge is 2.67. The highest BCUT2D eigenvalue weighted by Crippen LogP contribution is 2.58. The summed E-state index contributed by atoms with van der Waals surface area (Å²) in [5.41, 5.74) is 8.34. The molecule has 0 spiro atoms. The third kappa shape index (κ3) is 1.60. The van der Waals surface area contributed by atoms with Crippen molar-refractivity contribution in [2.45, 2.75) is 45.3 Å². The highest BCUT2D eigenvalue weighted by molar-refractivity contribution is 5.22. The molecule has 102 valence electrons. The van der Waals surface area contributed by atoms with Gasteiger partial charge in [0.05, 0.1) is 6.10 Å². The van der Waals surface area contributed by atoms with Crippen molar-refractivity contribution < 1.29 is 4.74 Å². The van der Waals surface area contributed by atoms with Crippen LogP contribution in [0.3, 0.4) is 0 Å². The molecule has 0 aromatic heterocycles. The Labute approximate surface area is 110 Å². The van der Waals surface area contributed by atoms with Crippen LogP contribution in [0.4, 0.5) is 0 Å². The summed E-state index contributed by atoms with van der Waals surface area (Å²) in [4.78, 5) is 2.53. The van der Waals surface area contributed by atoms with Crippen LogP contribution < -0.4 is 5.73 Å². The van der Waals surface area contributed by atoms with Gasteiger partial charge in [-0.15, -0.1) is 0 Å². The number of ether oxygens (including phenoxy) is 1. The first-order chi connectivity index (χ1) is 8.45. The maximum Gasteiger partial charge on any atom is 0.0691 e. The fourth-order valence-corrected chi connectivity index (χ4v) is 4.29. The molecular formula is C15H26N2O. The summed E-state index contributed by atoms with van der Waals surface area (Å²) >= 11 is 0. The first-order valence-corrected chi connectivity index (χ1v) is 7.23. The van der Waals surface area contributed by atoms with Gasteiger partial charge >= 0.3 is 0 Å². The van der Waals surface area contributed by atoms with E-state index >= 15 is 0 Å². The lowest BCUT2D eigenvalue weighted by molar-refractivity contribution is -0.162. The fraction of sp³-hybridized carbons (Fsp3) is 0.867. The molecule has 3 aliphatic rings. The maximum atomic E-state index is 6.80. The van der Waals surface area contributed by atoms with E-state index in [1.54, 1.807) is 0 Å². The zero-order valence-electron chi connectivity index (χ0n) is 11.9. The standard InChI is InChI=1S/C15H26N2O/c1-11-5-4-7-17(9-11)10-15(16)12-6-8-18-13(12)14(15,2)3/h5,12-13H,4,6-10,16H2,1-3H3. The van der Waals surface area contributed by atoms with Gasteiger partial charge in [-0.25, -0.2) is 0 Å². The van der Waals surface area contributed by atoms with Gasteiger partial charge < -0.3 is 10.5 Å². The van der Waals surface area contributed by atoms with E-state index < -0.39 is 0 Å². The zero-order chi connectivity index (χ0) is 13.0. The molecule has 3 atom stereocenters. The van der Waals surface area contributed by atoms with Crippen molar-refractivity contribution in [1.29, 1.82) is 0 Å². The van der Waals surface area contributed by atoms with E-state index in [-0.39, 0.29) is 11.0 Å². The van der Waals surface area contributed by atoms with Gasteiger partial charge in [-0.2, -0.15) is 0 Å². The van der Waals surface area contributed by atoms with E-state index in [0.717, 1.165) is 32.7 Å². The quantitative estimate of drug-likeness (QED) is 0.759. The van der Waals surface area contributed by atoms with Gasteiger partial charge in [0, 0.05) is 43.1 Å². The third-order valence-electron chi connectivity index (χ3n) is 5.56. The van der Waals surface area contributed by atoms with Crippen LogP contribution >= 0.6 is 0 Å². The van der Waals surface area contributed by atoms with Crippen molar-refractivity contribution in [3.63, 3.8) is 0 Å². The lowest BCUT2D eigenvalue weighted by atomic mass is 9.48. The van der Waals surface area contributed by atoms with Gasteiger partial charge in [0.15, 0.2) is 0 Å². The molecule has 0 aromatic carbocycles. The van der Waals surface area contributed by atoms with Crippen molar-refractivity contribution in [3.8, 4) is 0 Å². The number of nitrogens with two attached hydrogens (primary N) is 1. The van der Waals surface area contributed by atoms with Gasteiger partial charge in [0.2, 0.25) is 0 Å². The topological polar surface area (TPSA) is 38.5 Å². The van der Waals surface area contributed by atoms with Gasteiger partial charge in [-0.05, 0) is 19.8 Å². The molecule has 18 heavy (non-hydrogen) atoms. The summed E-state index contributed by atoms with van der Waals surface area (Å²) in [6.45, 7) is 11.0. The molecule has 1 aliphatic carbocycles. The van der Waals surface area contributed by atoms with Crippen molar-refractivity contribution in [2.24, 2.45) is 17.1 Å². The van der Waals surface area contributed by atoms with E-state index in [2.05, 4.69) is 31.7 Å². The number of hydrogen-bond donors (Lipinski definition) is 1. The van der Waals surface area contributed by atoms with Crippen LogP contribution in [-0.2, 0) is 4.74 Å². The minimum Gasteiger partial charge on any atom is -0.377 e. The van der Waals surface area contributed by atoms with Crippen molar-refractivity contribution >= 4 is 0 Å². The fourth-order valence-electron chi connectivity index (χ4n) is 4.29. The number of fused-ring (bicyclic) bond motifs is 1. The Bertz CT molecular complexity index is 377. The zero-order valence-corrected chi connectivity index (χ0v) is 11.9. The van der Waals surface area contributed by atoms with Crippen molar-refractivity contribution in [2.75, 3.05) is 26.2 Å². The van der Waals surface area contributed by atoms with Crippen LogP contribution in [0.1, 0.15) is 33.6 Å². The SMILES string of the molecule is CC1=CCCN(CC2(N)C3CCOC3C2(C)C)C1. The normalized spacial score (nSPS) is 43.2. The Hall–Kier alpha value is -0.380. The highest BCUT2D eigenvalue weighted by atomic mass is 16.5. The molecule has 0 amide bonds. The van der Waals surface area contributed by atoms with E-state index in [4.69, 9.17) is 10.5 Å². The van der Waals surface area contributed by atoms with Crippen LogP contribution in [-0.4, -0.2) is 42.8 Å². The Balaban J connectivity index is 1.73. The molecule has 2 N–H and O–H groups in total. The second kappa shape index (κ2) is 4.06. The molecule has 1 saturated heterocycles. The van der Waals surface area contributed by atoms with Crippen LogP contribution in [0.2, 0.25) is 0 Å². The van der Waals surface area contributed by atoms with Gasteiger partial charge in [-0.1, -0.05) is 25.5 Å². The molecule has 0 aromatic rings. The van der Waals surface area contributed by atoms with E-state index in [1.165, 1.54) is 12.0 Å². The molecule has 3 rings (SSSR count). The van der Waals surface area contributed by atoms with Crippen molar-refractivity contribution in [3.05, 3.63) is 11.6 Å². The first-order valence-electron chi connectivity index (χ1n) is 7.23. The molecule has 2 fully saturated rings. The summed E-state index contributed by atoms with van der Waals surface area (Å²) in [5.74, 6) is 0.568. The monoisotopic (exact) mass is 250 g/mol. The average molecular weight is 250 g/mol. The summed E-state index contributed by atoms with van der Waals surface area (Å²) < 4.78 is 5.86. The largest absolute Gasteiger partial charge is 0.377 e. The smallest absolute Gasteiger partial charge is 0.0691 e. The molecule has 0 radical (unpaired) electrons. The van der Waals surface area contributed by atoms with E-state index in [1.807, 2.05) is 0 Å². The first kappa shape index (κ1) is 12.6. The predicted octanol–water partition coefficient (Wildman–Crippen LogP) is 1.78. The molecule has 0 bridgehead atoms. The Morgan fingerprint density at radius 1 is 1.50 bits per heavy atom. The molecule has 3 unspecified atom stereocenters. The van der Waals surface area contributed by atoms with E-state index in [9.17, 15) is 0 Å². The third-order valence-corrected chi connectivity index (χ3v) is 5.56. The van der Waals surface area contributed by atoms with E-state index in [0.29, 0.717) is 12.0 Å². The number of nitrogens with zero attached hydrogens (tertiary/aromatic N) is 1. The Morgan fingerprint density at radius 2 is 2.28 bits per heavy atom. The number of rotatable bonds is 2. The molecular weight excluding hydrogens is 224 g/mol. The van der Waals surface area contributed by atoms with Crippen molar-refractivity contribution in [1.82, 2.24) is 4.90 Å². The predicted molar refractivity (Wildman–Crippen MR) is 73.4 cm³/mol. The molecule has 2 aliphatic heterocycles. The summed E-state index contributed by atoms with van der Waals surface area (Å²) in [6.07, 6.45) is 5.07. The Kier molecular flexibility index (Phi) is 2.85. The van der Waals surface area contributed by atoms with Gasteiger partial charge in [-0.3, -0.25) is 4.90 Å². The molecule has 2 heterocycles. The van der Waals surface area contributed by atoms with Crippen LogP contribution in [0.15, 0.2) is 11.6 Å². The van der Waals surface area contributed by atoms with Crippen LogP contribution in [0.5, 0.6) is 0 Å². The lowest BCUT2D eigenvalue weighted by Gasteiger charge is -2.63. The second-order valence-electron chi connectivity index (χ2n) is 7.00. The Morgan fingerprint density at radius 3 is 3.00 bits per heavy atom. The summed E-state index contributed by atoms with van der Waals surface area (Å²) in [7, 11) is 0. The molecule has 3 nitrogen and oxygen atoms in total. The summed E-state index contributed by atoms with van der Waals surface area (Å²) in [6, 6.07) is 0. The second-order valence-corrected chi connectivity index (χ2v) is 7.00. The van der Waals surface area contributed by atoms with Gasteiger partial charge in [0.25, 0.3) is 0 Å². The minimum atomic E-state index is -0.0637. The average Bonchev–Trinajstić information content (AvgIpc) is 2.76. The van der Waals surface area contributed by atoms with Gasteiger partial charge in [0.1, 0.15) is 0 Å². The maximum absolute atomic E-state index is 6.80. The number of hydrogen-bond acceptors (Lipinski definition) is 3. The van der Waals surface area contributed by atoms with Crippen LogP contribution in [0.25, 0.3) is 0 Å². The lowest BCUT2D eigenvalue weighted by Crippen LogP contribution is -2.78. The minimum absolute atomic E-state index is 0.0637. The van der Waals surface area contributed by atoms with Crippen LogP contribution in [0, 0.1) is 11.3 Å². The molecule has 3 heteroatoms. The summed E-state index contributed by atoms with van der Waals surface area (Å²) in [5, 5.41) is 0. The molecule has 1 saturated carbocycles.